The molecule has 0 N–H and O–H groups in total. The first kappa shape index (κ1) is 15.8. The number of rotatable bonds is 7. The summed E-state index contributed by atoms with van der Waals surface area (Å²) in [6, 6.07) is 11.4. The second kappa shape index (κ2) is 7.00. The van der Waals surface area contributed by atoms with Gasteiger partial charge in [-0.05, 0) is 24.3 Å². The van der Waals surface area contributed by atoms with E-state index in [2.05, 4.69) is 18.1 Å². The highest BCUT2D eigenvalue weighted by atomic mass is 16.3. The van der Waals surface area contributed by atoms with Crippen molar-refractivity contribution in [2.75, 3.05) is 13.1 Å². The van der Waals surface area contributed by atoms with Gasteiger partial charge in [-0.2, -0.15) is 0 Å². The summed E-state index contributed by atoms with van der Waals surface area (Å²) in [5.74, 6) is 1.26. The third-order valence-electron chi connectivity index (χ3n) is 3.74. The van der Waals surface area contributed by atoms with E-state index in [-0.39, 0.29) is 12.5 Å². The number of hydrogen-bond acceptors (Lipinski definition) is 3. The third-order valence-corrected chi connectivity index (χ3v) is 3.74. The molecule has 1 amide bonds. The van der Waals surface area contributed by atoms with Crippen LogP contribution in [0.15, 0.2) is 72.4 Å². The van der Waals surface area contributed by atoms with Gasteiger partial charge in [-0.25, -0.2) is 4.98 Å². The average molecular weight is 321 g/mol. The van der Waals surface area contributed by atoms with E-state index in [1.54, 1.807) is 23.3 Å². The van der Waals surface area contributed by atoms with Gasteiger partial charge in [0.25, 0.3) is 0 Å². The lowest BCUT2D eigenvalue weighted by Gasteiger charge is -2.20. The molecule has 0 fully saturated rings. The fourth-order valence-corrected chi connectivity index (χ4v) is 2.65. The summed E-state index contributed by atoms with van der Waals surface area (Å²) in [5, 5.41) is 0. The zero-order valence-electron chi connectivity index (χ0n) is 13.4. The Labute approximate surface area is 140 Å². The molecule has 0 atom stereocenters. The van der Waals surface area contributed by atoms with Crippen molar-refractivity contribution >= 4 is 16.9 Å². The quantitative estimate of drug-likeness (QED) is 0.626. The molecule has 3 rings (SSSR count). The first-order chi connectivity index (χ1) is 11.7. The zero-order valence-corrected chi connectivity index (χ0v) is 13.4. The van der Waals surface area contributed by atoms with Gasteiger partial charge in [0.15, 0.2) is 11.6 Å². The van der Waals surface area contributed by atoms with Crippen molar-refractivity contribution in [3.05, 3.63) is 68.0 Å². The normalized spacial score (nSPS) is 10.7. The van der Waals surface area contributed by atoms with Crippen LogP contribution in [0.3, 0.4) is 0 Å². The maximum Gasteiger partial charge on any atom is 0.243 e. The number of amides is 1. The van der Waals surface area contributed by atoms with Crippen LogP contribution in [-0.4, -0.2) is 33.4 Å². The van der Waals surface area contributed by atoms with Crippen molar-refractivity contribution < 1.29 is 9.21 Å². The molecule has 3 aromatic rings. The third kappa shape index (κ3) is 3.01. The monoisotopic (exact) mass is 321 g/mol. The number of furan rings is 1. The maximum absolute atomic E-state index is 12.7. The summed E-state index contributed by atoms with van der Waals surface area (Å²) >= 11 is 0. The molecule has 2 heterocycles. The fourth-order valence-electron chi connectivity index (χ4n) is 2.65. The number of imidazole rings is 1. The Balaban J connectivity index is 2.01. The van der Waals surface area contributed by atoms with Crippen LogP contribution in [0.5, 0.6) is 0 Å². The summed E-state index contributed by atoms with van der Waals surface area (Å²) < 4.78 is 7.37. The lowest BCUT2D eigenvalue weighted by atomic mass is 10.3. The van der Waals surface area contributed by atoms with Crippen LogP contribution in [-0.2, 0) is 11.3 Å². The van der Waals surface area contributed by atoms with Crippen LogP contribution >= 0.6 is 0 Å². The van der Waals surface area contributed by atoms with E-state index in [1.165, 1.54) is 0 Å². The van der Waals surface area contributed by atoms with Gasteiger partial charge in [0.2, 0.25) is 5.91 Å². The van der Waals surface area contributed by atoms with E-state index in [0.29, 0.717) is 24.7 Å². The Morgan fingerprint density at radius 1 is 1.17 bits per heavy atom. The fraction of sp³-hybridized carbons (Fsp3) is 0.158. The summed E-state index contributed by atoms with van der Waals surface area (Å²) in [4.78, 5) is 19.0. The van der Waals surface area contributed by atoms with Gasteiger partial charge < -0.3 is 13.9 Å². The molecule has 0 aliphatic rings. The SMILES string of the molecule is C=CCN(CC=C)C(=O)Cn1c(-c2ccco2)nc2ccccc21. The largest absolute Gasteiger partial charge is 0.461 e. The first-order valence-electron chi connectivity index (χ1n) is 7.73. The van der Waals surface area contributed by atoms with Crippen molar-refractivity contribution in [1.29, 1.82) is 0 Å². The molecule has 0 aliphatic heterocycles. The highest BCUT2D eigenvalue weighted by Gasteiger charge is 2.19. The van der Waals surface area contributed by atoms with Crippen molar-refractivity contribution in [3.8, 4) is 11.6 Å². The number of aromatic nitrogens is 2. The van der Waals surface area contributed by atoms with Gasteiger partial charge in [-0.15, -0.1) is 13.2 Å². The van der Waals surface area contributed by atoms with Crippen molar-refractivity contribution in [2.45, 2.75) is 6.54 Å². The maximum atomic E-state index is 12.7. The summed E-state index contributed by atoms with van der Waals surface area (Å²) in [6.45, 7) is 8.55. The number of carbonyl (C=O) groups is 1. The lowest BCUT2D eigenvalue weighted by molar-refractivity contribution is -0.130. The van der Waals surface area contributed by atoms with E-state index < -0.39 is 0 Å². The Morgan fingerprint density at radius 2 is 1.92 bits per heavy atom. The van der Waals surface area contributed by atoms with Crippen LogP contribution in [0.1, 0.15) is 0 Å². The zero-order chi connectivity index (χ0) is 16.9. The molecule has 2 aromatic heterocycles. The molecule has 0 unspecified atom stereocenters. The van der Waals surface area contributed by atoms with E-state index in [1.807, 2.05) is 41.0 Å². The molecular formula is C19H19N3O2. The van der Waals surface area contributed by atoms with Crippen molar-refractivity contribution in [1.82, 2.24) is 14.5 Å². The first-order valence-corrected chi connectivity index (χ1v) is 7.73. The number of nitrogens with zero attached hydrogens (tertiary/aromatic N) is 3. The molecule has 5 nitrogen and oxygen atoms in total. The Morgan fingerprint density at radius 3 is 2.58 bits per heavy atom. The van der Waals surface area contributed by atoms with Crippen LogP contribution in [0.25, 0.3) is 22.6 Å². The molecule has 5 heteroatoms. The van der Waals surface area contributed by atoms with Crippen LogP contribution in [0.4, 0.5) is 0 Å². The molecular weight excluding hydrogens is 302 g/mol. The molecule has 0 spiro atoms. The molecule has 0 bridgehead atoms. The Kier molecular flexibility index (Phi) is 4.61. The molecule has 0 saturated heterocycles. The van der Waals surface area contributed by atoms with E-state index >= 15 is 0 Å². The number of fused-ring (bicyclic) bond motifs is 1. The standard InChI is InChI=1S/C19H19N3O2/c1-3-11-21(12-4-2)18(23)14-22-16-9-6-5-8-15(16)20-19(22)17-10-7-13-24-17/h3-10,13H,1-2,11-12,14H2. The van der Waals surface area contributed by atoms with Gasteiger partial charge in [0.1, 0.15) is 6.54 Å². The molecule has 24 heavy (non-hydrogen) atoms. The molecule has 1 aromatic carbocycles. The topological polar surface area (TPSA) is 51.3 Å². The second-order valence-electron chi connectivity index (χ2n) is 5.36. The smallest absolute Gasteiger partial charge is 0.243 e. The predicted molar refractivity (Wildman–Crippen MR) is 94.4 cm³/mol. The van der Waals surface area contributed by atoms with Gasteiger partial charge in [0.05, 0.1) is 17.3 Å². The average Bonchev–Trinajstić information content (AvgIpc) is 3.23. The Hall–Kier alpha value is -3.08. The molecule has 0 aliphatic carbocycles. The minimum absolute atomic E-state index is 0.0224. The van der Waals surface area contributed by atoms with Gasteiger partial charge in [-0.1, -0.05) is 24.3 Å². The van der Waals surface area contributed by atoms with E-state index in [4.69, 9.17) is 4.42 Å². The van der Waals surface area contributed by atoms with Crippen LogP contribution in [0, 0.1) is 0 Å². The minimum Gasteiger partial charge on any atom is -0.461 e. The van der Waals surface area contributed by atoms with Crippen LogP contribution in [0.2, 0.25) is 0 Å². The van der Waals surface area contributed by atoms with E-state index in [0.717, 1.165) is 11.0 Å². The minimum atomic E-state index is -0.0224. The lowest BCUT2D eigenvalue weighted by Crippen LogP contribution is -2.34. The second-order valence-corrected chi connectivity index (χ2v) is 5.36. The summed E-state index contributed by atoms with van der Waals surface area (Å²) in [7, 11) is 0. The van der Waals surface area contributed by atoms with Crippen LogP contribution < -0.4 is 0 Å². The number of benzene rings is 1. The predicted octanol–water partition coefficient (Wildman–Crippen LogP) is 3.50. The summed E-state index contributed by atoms with van der Waals surface area (Å²) in [5.41, 5.74) is 1.73. The highest BCUT2D eigenvalue weighted by Crippen LogP contribution is 2.25. The summed E-state index contributed by atoms with van der Waals surface area (Å²) in [6.07, 6.45) is 5.02. The highest BCUT2D eigenvalue weighted by molar-refractivity contribution is 5.84. The van der Waals surface area contributed by atoms with Crippen molar-refractivity contribution in [2.24, 2.45) is 0 Å². The van der Waals surface area contributed by atoms with Crippen molar-refractivity contribution in [3.63, 3.8) is 0 Å². The number of carbonyl (C=O) groups excluding carboxylic acids is 1. The number of para-hydroxylation sites is 2. The Bertz CT molecular complexity index is 852. The molecule has 0 radical (unpaired) electrons. The van der Waals surface area contributed by atoms with Gasteiger partial charge >= 0.3 is 0 Å². The molecule has 0 saturated carbocycles. The van der Waals surface area contributed by atoms with Gasteiger partial charge in [-0.3, -0.25) is 4.79 Å². The molecule has 122 valence electrons. The van der Waals surface area contributed by atoms with E-state index in [9.17, 15) is 4.79 Å². The number of hydrogen-bond donors (Lipinski definition) is 0. The van der Waals surface area contributed by atoms with Gasteiger partial charge in [0, 0.05) is 13.1 Å².